The molecule has 0 saturated heterocycles. The molecule has 0 aliphatic rings. The van der Waals surface area contributed by atoms with Crippen LogP contribution in [0.1, 0.15) is 38.2 Å². The summed E-state index contributed by atoms with van der Waals surface area (Å²) in [5.74, 6) is 0.637. The van der Waals surface area contributed by atoms with E-state index in [1.54, 1.807) is 86.0 Å². The zero-order valence-electron chi connectivity index (χ0n) is 26.5. The van der Waals surface area contributed by atoms with Crippen LogP contribution in [0.5, 0.6) is 11.5 Å². The highest BCUT2D eigenvalue weighted by Gasteiger charge is 2.26. The van der Waals surface area contributed by atoms with Crippen LogP contribution in [0.15, 0.2) is 124 Å². The van der Waals surface area contributed by atoms with Crippen LogP contribution in [0.2, 0.25) is 5.02 Å². The number of nitrogens with zero attached hydrogens (tertiary/aromatic N) is 2. The van der Waals surface area contributed by atoms with Crippen LogP contribution in [0.4, 0.5) is 5.69 Å². The van der Waals surface area contributed by atoms with Gasteiger partial charge in [0.2, 0.25) is 0 Å². The van der Waals surface area contributed by atoms with Crippen molar-refractivity contribution < 1.29 is 22.7 Å². The zero-order valence-corrected chi connectivity index (χ0v) is 29.6. The van der Waals surface area contributed by atoms with E-state index in [2.05, 4.69) is 26.5 Å². The summed E-state index contributed by atoms with van der Waals surface area (Å²) >= 11 is 9.82. The standard InChI is InChI=1S/C37H33BrClN3O5S/c1-25-9-12-28(13-10-25)24-47-36-33(38)19-29(20-35(36)46-3)22-40-41-37(43)30-16-14-27(15-17-30)23-42(34-21-31(39)18-11-26(34)2)48(44,45)32-7-5-4-6-8-32/h4-22H,23-24H2,1-3H3,(H,41,43)/b40-22-. The Morgan fingerprint density at radius 3 is 2.29 bits per heavy atom. The minimum Gasteiger partial charge on any atom is -0.493 e. The molecular formula is C37H33BrClN3O5S. The molecule has 5 rings (SSSR count). The van der Waals surface area contributed by atoms with Crippen molar-refractivity contribution in [3.63, 3.8) is 0 Å². The maximum absolute atomic E-state index is 13.8. The molecule has 0 atom stereocenters. The van der Waals surface area contributed by atoms with Gasteiger partial charge < -0.3 is 9.47 Å². The van der Waals surface area contributed by atoms with Gasteiger partial charge in [-0.15, -0.1) is 0 Å². The summed E-state index contributed by atoms with van der Waals surface area (Å²) < 4.78 is 41.1. The molecule has 1 amide bonds. The van der Waals surface area contributed by atoms with Crippen molar-refractivity contribution in [3.8, 4) is 11.5 Å². The largest absolute Gasteiger partial charge is 0.493 e. The van der Waals surface area contributed by atoms with E-state index in [0.29, 0.717) is 50.0 Å². The number of rotatable bonds is 12. The number of sulfonamides is 1. The normalized spacial score (nSPS) is 11.4. The van der Waals surface area contributed by atoms with E-state index in [-0.39, 0.29) is 11.4 Å². The molecule has 0 saturated carbocycles. The first kappa shape index (κ1) is 34.7. The van der Waals surface area contributed by atoms with Crippen molar-refractivity contribution in [2.24, 2.45) is 5.10 Å². The van der Waals surface area contributed by atoms with Crippen LogP contribution >= 0.6 is 27.5 Å². The van der Waals surface area contributed by atoms with Crippen LogP contribution in [0, 0.1) is 13.8 Å². The van der Waals surface area contributed by atoms with Crippen molar-refractivity contribution in [3.05, 3.63) is 152 Å². The lowest BCUT2D eigenvalue weighted by Crippen LogP contribution is -2.31. The Kier molecular flexibility index (Phi) is 11.2. The van der Waals surface area contributed by atoms with Crippen LogP contribution in [-0.4, -0.2) is 27.6 Å². The summed E-state index contributed by atoms with van der Waals surface area (Å²) in [5, 5.41) is 4.54. The maximum atomic E-state index is 13.8. The quantitative estimate of drug-likeness (QED) is 0.102. The molecule has 0 aliphatic carbocycles. The molecule has 0 unspecified atom stereocenters. The Bertz CT molecular complexity index is 2040. The molecule has 5 aromatic rings. The molecular weight excluding hydrogens is 714 g/mol. The molecule has 0 heterocycles. The number of anilines is 1. The van der Waals surface area contributed by atoms with Crippen LogP contribution in [-0.2, 0) is 23.2 Å². The van der Waals surface area contributed by atoms with E-state index in [0.717, 1.165) is 11.1 Å². The maximum Gasteiger partial charge on any atom is 0.271 e. The van der Waals surface area contributed by atoms with Crippen molar-refractivity contribution in [1.29, 1.82) is 0 Å². The summed E-state index contributed by atoms with van der Waals surface area (Å²) in [7, 11) is -2.37. The summed E-state index contributed by atoms with van der Waals surface area (Å²) in [6.07, 6.45) is 1.50. The molecule has 1 N–H and O–H groups in total. The number of halogens is 2. The molecule has 48 heavy (non-hydrogen) atoms. The number of nitrogens with one attached hydrogen (secondary N) is 1. The predicted molar refractivity (Wildman–Crippen MR) is 194 cm³/mol. The fourth-order valence-electron chi connectivity index (χ4n) is 4.82. The lowest BCUT2D eigenvalue weighted by molar-refractivity contribution is 0.0955. The lowest BCUT2D eigenvalue weighted by Gasteiger charge is -2.26. The number of methoxy groups -OCH3 is 1. The predicted octanol–water partition coefficient (Wildman–Crippen LogP) is 8.47. The number of hydrogen-bond acceptors (Lipinski definition) is 6. The molecule has 0 radical (unpaired) electrons. The van der Waals surface area contributed by atoms with E-state index < -0.39 is 15.9 Å². The van der Waals surface area contributed by atoms with Gasteiger partial charge in [-0.05, 0) is 101 Å². The Morgan fingerprint density at radius 1 is 0.917 bits per heavy atom. The number of aryl methyl sites for hydroxylation is 2. The van der Waals surface area contributed by atoms with Crippen molar-refractivity contribution in [2.75, 3.05) is 11.4 Å². The van der Waals surface area contributed by atoms with E-state index in [1.807, 2.05) is 44.2 Å². The second kappa shape index (κ2) is 15.5. The van der Waals surface area contributed by atoms with Gasteiger partial charge in [0.15, 0.2) is 11.5 Å². The number of carbonyl (C=O) groups is 1. The Labute approximate surface area is 294 Å². The average Bonchev–Trinajstić information content (AvgIpc) is 3.09. The summed E-state index contributed by atoms with van der Waals surface area (Å²) in [6.45, 7) is 4.26. The smallest absolute Gasteiger partial charge is 0.271 e. The number of amides is 1. The van der Waals surface area contributed by atoms with Gasteiger partial charge in [-0.2, -0.15) is 5.10 Å². The van der Waals surface area contributed by atoms with E-state index in [1.165, 1.54) is 16.1 Å². The van der Waals surface area contributed by atoms with Gasteiger partial charge >= 0.3 is 0 Å². The minimum absolute atomic E-state index is 0.0277. The topological polar surface area (TPSA) is 97.3 Å². The molecule has 8 nitrogen and oxygen atoms in total. The molecule has 0 fully saturated rings. The van der Waals surface area contributed by atoms with E-state index in [9.17, 15) is 13.2 Å². The Balaban J connectivity index is 1.27. The first-order valence-electron chi connectivity index (χ1n) is 14.9. The fraction of sp³-hybridized carbons (Fsp3) is 0.135. The molecule has 0 aromatic heterocycles. The molecule has 246 valence electrons. The number of hydrogen-bond donors (Lipinski definition) is 1. The third-order valence-electron chi connectivity index (χ3n) is 7.45. The number of carbonyl (C=O) groups excluding carboxylic acids is 1. The highest BCUT2D eigenvalue weighted by Crippen LogP contribution is 2.37. The van der Waals surface area contributed by atoms with Gasteiger partial charge in [-0.25, -0.2) is 13.8 Å². The Hall–Kier alpha value is -4.64. The van der Waals surface area contributed by atoms with Gasteiger partial charge in [-0.1, -0.05) is 77.8 Å². The monoisotopic (exact) mass is 745 g/mol. The average molecular weight is 747 g/mol. The summed E-state index contributed by atoms with van der Waals surface area (Å²) in [5.41, 5.74) is 7.67. The van der Waals surface area contributed by atoms with Crippen molar-refractivity contribution in [1.82, 2.24) is 5.43 Å². The van der Waals surface area contributed by atoms with Gasteiger partial charge in [0, 0.05) is 10.6 Å². The summed E-state index contributed by atoms with van der Waals surface area (Å²) in [4.78, 5) is 13.1. The van der Waals surface area contributed by atoms with Gasteiger partial charge in [0.25, 0.3) is 15.9 Å². The highest BCUT2D eigenvalue weighted by molar-refractivity contribution is 9.10. The van der Waals surface area contributed by atoms with Gasteiger partial charge in [0.05, 0.1) is 34.9 Å². The van der Waals surface area contributed by atoms with Gasteiger partial charge in [0.1, 0.15) is 6.61 Å². The minimum atomic E-state index is -3.93. The van der Waals surface area contributed by atoms with Crippen LogP contribution < -0.4 is 19.2 Å². The Morgan fingerprint density at radius 2 is 1.60 bits per heavy atom. The SMILES string of the molecule is COc1cc(/C=N\NC(=O)c2ccc(CN(c3cc(Cl)ccc3C)S(=O)(=O)c3ccccc3)cc2)cc(Br)c1OCc1ccc(C)cc1. The number of ether oxygens (including phenoxy) is 2. The molecule has 5 aromatic carbocycles. The first-order chi connectivity index (χ1) is 23.0. The second-order valence-electron chi connectivity index (χ2n) is 11.0. The van der Waals surface area contributed by atoms with E-state index >= 15 is 0 Å². The molecule has 0 bridgehead atoms. The molecule has 0 spiro atoms. The molecule has 11 heteroatoms. The second-order valence-corrected chi connectivity index (χ2v) is 14.1. The van der Waals surface area contributed by atoms with Crippen molar-refractivity contribution in [2.45, 2.75) is 31.9 Å². The third-order valence-corrected chi connectivity index (χ3v) is 10.0. The van der Waals surface area contributed by atoms with Crippen molar-refractivity contribution >= 4 is 55.4 Å². The highest BCUT2D eigenvalue weighted by atomic mass is 79.9. The molecule has 0 aliphatic heterocycles. The van der Waals surface area contributed by atoms with E-state index in [4.69, 9.17) is 21.1 Å². The summed E-state index contributed by atoms with van der Waals surface area (Å²) in [6, 6.07) is 31.7. The first-order valence-corrected chi connectivity index (χ1v) is 17.5. The van der Waals surface area contributed by atoms with Crippen LogP contribution in [0.3, 0.4) is 0 Å². The van der Waals surface area contributed by atoms with Crippen LogP contribution in [0.25, 0.3) is 0 Å². The number of benzene rings is 5. The zero-order chi connectivity index (χ0) is 34.3. The third kappa shape index (κ3) is 8.44. The number of hydrazone groups is 1. The fourth-order valence-corrected chi connectivity index (χ4v) is 7.09. The lowest BCUT2D eigenvalue weighted by atomic mass is 10.1. The van der Waals surface area contributed by atoms with Gasteiger partial charge in [-0.3, -0.25) is 9.10 Å².